The number of nitrogens with zero attached hydrogens (tertiary/aromatic N) is 2. The average molecular weight is 366 g/mol. The molecule has 0 bridgehead atoms. The lowest BCUT2D eigenvalue weighted by molar-refractivity contribution is -0.119. The zero-order valence-corrected chi connectivity index (χ0v) is 15.3. The Labute approximate surface area is 153 Å². The molecule has 25 heavy (non-hydrogen) atoms. The quantitative estimate of drug-likeness (QED) is 0.731. The summed E-state index contributed by atoms with van der Waals surface area (Å²) in [4.78, 5) is 24.3. The van der Waals surface area contributed by atoms with Gasteiger partial charge >= 0.3 is 0 Å². The Morgan fingerprint density at radius 2 is 1.68 bits per heavy atom. The minimum Gasteiger partial charge on any atom is -0.325 e. The lowest BCUT2D eigenvalue weighted by Gasteiger charge is -2.16. The molecule has 2 atom stereocenters. The van der Waals surface area contributed by atoms with Gasteiger partial charge in [-0.15, -0.1) is 12.4 Å². The van der Waals surface area contributed by atoms with Gasteiger partial charge in [-0.2, -0.15) is 5.10 Å². The number of rotatable bonds is 6. The van der Waals surface area contributed by atoms with E-state index in [0.717, 1.165) is 0 Å². The van der Waals surface area contributed by atoms with E-state index < -0.39 is 12.1 Å². The van der Waals surface area contributed by atoms with Gasteiger partial charge in [0.1, 0.15) is 6.04 Å². The van der Waals surface area contributed by atoms with Gasteiger partial charge in [-0.3, -0.25) is 14.3 Å². The van der Waals surface area contributed by atoms with E-state index in [1.54, 1.807) is 54.3 Å². The number of hydrogen-bond acceptors (Lipinski definition) is 4. The third kappa shape index (κ3) is 5.58. The maximum Gasteiger partial charge on any atom is 0.248 e. The van der Waals surface area contributed by atoms with Gasteiger partial charge in [-0.1, -0.05) is 19.9 Å². The average Bonchev–Trinajstić information content (AvgIpc) is 3.07. The van der Waals surface area contributed by atoms with Crippen molar-refractivity contribution < 1.29 is 9.59 Å². The maximum absolute atomic E-state index is 12.3. The number of hydrogen-bond donors (Lipinski definition) is 3. The van der Waals surface area contributed by atoms with Crippen LogP contribution in [0, 0.1) is 5.92 Å². The second-order valence-electron chi connectivity index (χ2n) is 5.99. The summed E-state index contributed by atoms with van der Waals surface area (Å²) in [5.41, 5.74) is 7.01. The van der Waals surface area contributed by atoms with Gasteiger partial charge in [-0.25, -0.2) is 0 Å². The second-order valence-corrected chi connectivity index (χ2v) is 5.99. The van der Waals surface area contributed by atoms with Crippen molar-refractivity contribution in [2.24, 2.45) is 11.7 Å². The molecule has 0 radical (unpaired) electrons. The fraction of sp³-hybridized carbons (Fsp3) is 0.353. The van der Waals surface area contributed by atoms with Crippen molar-refractivity contribution >= 4 is 35.6 Å². The Bertz CT molecular complexity index is 703. The highest BCUT2D eigenvalue weighted by molar-refractivity contribution is 5.97. The fourth-order valence-electron chi connectivity index (χ4n) is 2.08. The number of anilines is 2. The molecular formula is C17H24ClN5O2. The molecule has 0 aliphatic rings. The van der Waals surface area contributed by atoms with Gasteiger partial charge in [-0.05, 0) is 37.1 Å². The van der Waals surface area contributed by atoms with Crippen LogP contribution in [0.1, 0.15) is 26.8 Å². The molecule has 2 unspecified atom stereocenters. The Balaban J connectivity index is 0.00000312. The first-order valence-electron chi connectivity index (χ1n) is 7.85. The summed E-state index contributed by atoms with van der Waals surface area (Å²) in [6.45, 7) is 5.53. The van der Waals surface area contributed by atoms with E-state index in [1.807, 2.05) is 13.8 Å². The summed E-state index contributed by atoms with van der Waals surface area (Å²) >= 11 is 0. The molecule has 0 saturated heterocycles. The smallest absolute Gasteiger partial charge is 0.248 e. The Kier molecular flexibility index (Phi) is 7.60. The maximum atomic E-state index is 12.3. The van der Waals surface area contributed by atoms with Gasteiger partial charge in [0.25, 0.3) is 0 Å². The van der Waals surface area contributed by atoms with Crippen LogP contribution in [0.2, 0.25) is 0 Å². The van der Waals surface area contributed by atoms with Crippen LogP contribution in [0.5, 0.6) is 0 Å². The Morgan fingerprint density at radius 1 is 1.08 bits per heavy atom. The number of benzene rings is 1. The van der Waals surface area contributed by atoms with E-state index >= 15 is 0 Å². The van der Waals surface area contributed by atoms with Crippen molar-refractivity contribution in [3.8, 4) is 0 Å². The first-order valence-corrected chi connectivity index (χ1v) is 7.85. The molecule has 0 aliphatic carbocycles. The number of nitrogens with two attached hydrogens (primary N) is 1. The van der Waals surface area contributed by atoms with E-state index in [0.29, 0.717) is 11.4 Å². The van der Waals surface area contributed by atoms with Crippen molar-refractivity contribution in [1.82, 2.24) is 9.78 Å². The van der Waals surface area contributed by atoms with Crippen LogP contribution in [-0.2, 0) is 9.59 Å². The fourth-order valence-corrected chi connectivity index (χ4v) is 2.08. The van der Waals surface area contributed by atoms with Crippen molar-refractivity contribution in [2.75, 3.05) is 10.6 Å². The summed E-state index contributed by atoms with van der Waals surface area (Å²) in [5, 5.41) is 9.63. The highest BCUT2D eigenvalue weighted by Crippen LogP contribution is 2.17. The first-order chi connectivity index (χ1) is 11.4. The molecule has 0 fully saturated rings. The second kappa shape index (κ2) is 9.19. The monoisotopic (exact) mass is 365 g/mol. The highest BCUT2D eigenvalue weighted by Gasteiger charge is 2.18. The molecule has 8 heteroatoms. The van der Waals surface area contributed by atoms with Gasteiger partial charge in [0.05, 0.1) is 6.04 Å². The van der Waals surface area contributed by atoms with Crippen LogP contribution in [0.15, 0.2) is 42.7 Å². The van der Waals surface area contributed by atoms with E-state index in [1.165, 1.54) is 0 Å². The van der Waals surface area contributed by atoms with Crippen molar-refractivity contribution in [2.45, 2.75) is 32.9 Å². The topological polar surface area (TPSA) is 102 Å². The number of carbonyl (C=O) groups excluding carboxylic acids is 2. The Hall–Kier alpha value is -2.38. The van der Waals surface area contributed by atoms with Crippen molar-refractivity contribution in [1.29, 1.82) is 0 Å². The number of carbonyl (C=O) groups is 2. The molecule has 1 heterocycles. The summed E-state index contributed by atoms with van der Waals surface area (Å²) in [5.74, 6) is -0.401. The lowest BCUT2D eigenvalue weighted by atomic mass is 10.0. The number of amides is 2. The van der Waals surface area contributed by atoms with Crippen LogP contribution < -0.4 is 16.4 Å². The van der Waals surface area contributed by atoms with E-state index in [2.05, 4.69) is 15.7 Å². The summed E-state index contributed by atoms with van der Waals surface area (Å²) in [6, 6.07) is 7.69. The van der Waals surface area contributed by atoms with Crippen LogP contribution in [0.4, 0.5) is 11.4 Å². The zero-order valence-electron chi connectivity index (χ0n) is 14.5. The highest BCUT2D eigenvalue weighted by atomic mass is 35.5. The SMILES string of the molecule is CC(C)C(N)C(=O)Nc1cccc(NC(=O)C(C)n2cccn2)c1.Cl. The molecule has 2 rings (SSSR count). The van der Waals surface area contributed by atoms with E-state index in [-0.39, 0.29) is 30.1 Å². The molecule has 1 aromatic heterocycles. The summed E-state index contributed by atoms with van der Waals surface area (Å²) < 4.78 is 1.57. The summed E-state index contributed by atoms with van der Waals surface area (Å²) in [6.07, 6.45) is 3.35. The Morgan fingerprint density at radius 3 is 2.20 bits per heavy atom. The van der Waals surface area contributed by atoms with Gasteiger partial charge in [0.15, 0.2) is 0 Å². The van der Waals surface area contributed by atoms with Crippen LogP contribution in [0.3, 0.4) is 0 Å². The van der Waals surface area contributed by atoms with Crippen LogP contribution >= 0.6 is 12.4 Å². The molecular weight excluding hydrogens is 342 g/mol. The first kappa shape index (κ1) is 20.7. The summed E-state index contributed by atoms with van der Waals surface area (Å²) in [7, 11) is 0. The third-order valence-corrected chi connectivity index (χ3v) is 3.72. The minimum atomic E-state index is -0.580. The normalized spacial score (nSPS) is 12.8. The molecule has 1 aromatic carbocycles. The number of halogens is 1. The van der Waals surface area contributed by atoms with Crippen molar-refractivity contribution in [3.63, 3.8) is 0 Å². The third-order valence-electron chi connectivity index (χ3n) is 3.72. The van der Waals surface area contributed by atoms with Crippen molar-refractivity contribution in [3.05, 3.63) is 42.7 Å². The van der Waals surface area contributed by atoms with E-state index in [4.69, 9.17) is 5.73 Å². The van der Waals surface area contributed by atoms with Crippen LogP contribution in [0.25, 0.3) is 0 Å². The molecule has 0 spiro atoms. The van der Waals surface area contributed by atoms with Crippen LogP contribution in [-0.4, -0.2) is 27.6 Å². The predicted octanol–water partition coefficient (Wildman–Crippen LogP) is 2.43. The van der Waals surface area contributed by atoms with Gasteiger partial charge < -0.3 is 16.4 Å². The predicted molar refractivity (Wildman–Crippen MR) is 101 cm³/mol. The molecule has 0 aliphatic heterocycles. The molecule has 4 N–H and O–H groups in total. The standard InChI is InChI=1S/C17H23N5O2.ClH/c1-11(2)15(18)17(24)21-14-7-4-6-13(10-14)20-16(23)12(3)22-9-5-8-19-22;/h4-12,15H,18H2,1-3H3,(H,20,23)(H,21,24);1H. The minimum absolute atomic E-state index is 0. The molecule has 7 nitrogen and oxygen atoms in total. The molecule has 2 amide bonds. The lowest BCUT2D eigenvalue weighted by Crippen LogP contribution is -2.39. The molecule has 0 saturated carbocycles. The molecule has 2 aromatic rings. The zero-order chi connectivity index (χ0) is 17.7. The molecule has 136 valence electrons. The van der Waals surface area contributed by atoms with E-state index in [9.17, 15) is 9.59 Å². The van der Waals surface area contributed by atoms with Gasteiger partial charge in [0.2, 0.25) is 11.8 Å². The largest absolute Gasteiger partial charge is 0.325 e. The van der Waals surface area contributed by atoms with Gasteiger partial charge in [0, 0.05) is 23.8 Å². The number of nitrogens with one attached hydrogen (secondary N) is 2. The number of aromatic nitrogens is 2.